The molecule has 0 saturated heterocycles. The van der Waals surface area contributed by atoms with E-state index in [1.807, 2.05) is 38.1 Å². The number of nitrogens with one attached hydrogen (secondary N) is 1. The van der Waals surface area contributed by atoms with Gasteiger partial charge in [0.1, 0.15) is 23.9 Å². The zero-order chi connectivity index (χ0) is 22.8. The van der Waals surface area contributed by atoms with Crippen LogP contribution in [0.25, 0.3) is 16.9 Å². The normalized spacial score (nSPS) is 13.0. The minimum Gasteiger partial charge on any atom is -0.416 e. The van der Waals surface area contributed by atoms with E-state index in [0.29, 0.717) is 10.8 Å². The lowest BCUT2D eigenvalue weighted by molar-refractivity contribution is 0.360. The third-order valence-corrected chi connectivity index (χ3v) is 5.10. The van der Waals surface area contributed by atoms with Crippen molar-refractivity contribution in [3.05, 3.63) is 81.8 Å². The summed E-state index contributed by atoms with van der Waals surface area (Å²) in [6.45, 7) is 5.08. The lowest BCUT2D eigenvalue weighted by Crippen LogP contribution is -2.18. The fourth-order valence-electron chi connectivity index (χ4n) is 3.25. The minimum atomic E-state index is -1.40. The van der Waals surface area contributed by atoms with Gasteiger partial charge in [-0.1, -0.05) is 23.7 Å². The van der Waals surface area contributed by atoms with Crippen LogP contribution >= 0.6 is 11.6 Å². The van der Waals surface area contributed by atoms with Gasteiger partial charge in [0.25, 0.3) is 0 Å². The number of hydrogen-bond donors (Lipinski definition) is 1. The van der Waals surface area contributed by atoms with Crippen LogP contribution in [0.15, 0.2) is 58.2 Å². The molecule has 0 bridgehead atoms. The topological polar surface area (TPSA) is 98.7 Å². The summed E-state index contributed by atoms with van der Waals surface area (Å²) in [5.74, 6) is 0.251. The van der Waals surface area contributed by atoms with Crippen molar-refractivity contribution in [2.24, 2.45) is 0 Å². The van der Waals surface area contributed by atoms with Gasteiger partial charge in [-0.15, -0.1) is 0 Å². The molecule has 0 fully saturated rings. The zero-order valence-electron chi connectivity index (χ0n) is 17.6. The second kappa shape index (κ2) is 8.88. The summed E-state index contributed by atoms with van der Waals surface area (Å²) in [5.41, 5.74) is 2.69. The molecule has 0 amide bonds. The van der Waals surface area contributed by atoms with Gasteiger partial charge in [-0.3, -0.25) is 0 Å². The smallest absolute Gasteiger partial charge is 0.416 e. The summed E-state index contributed by atoms with van der Waals surface area (Å²) in [7, 11) is 0. The van der Waals surface area contributed by atoms with Crippen LogP contribution in [0.4, 0.5) is 10.3 Å². The summed E-state index contributed by atoms with van der Waals surface area (Å²) < 4.78 is 19.7. The molecule has 0 saturated carbocycles. The average molecular weight is 455 g/mol. The first kappa shape index (κ1) is 21.6. The molecule has 8 nitrogen and oxygen atoms in total. The molecule has 3 heterocycles. The highest BCUT2D eigenvalue weighted by Gasteiger charge is 2.18. The molecule has 0 aliphatic carbocycles. The Morgan fingerprint density at radius 2 is 2.00 bits per heavy atom. The maximum absolute atomic E-state index is 13.8. The van der Waals surface area contributed by atoms with Crippen molar-refractivity contribution in [2.45, 2.75) is 33.0 Å². The second-order valence-electron chi connectivity index (χ2n) is 7.22. The molecule has 32 heavy (non-hydrogen) atoms. The highest BCUT2D eigenvalue weighted by atomic mass is 35.5. The molecule has 0 aliphatic heterocycles. The Balaban J connectivity index is 1.58. The first-order valence-corrected chi connectivity index (χ1v) is 10.2. The van der Waals surface area contributed by atoms with Crippen LogP contribution in [0.2, 0.25) is 5.02 Å². The lowest BCUT2D eigenvalue weighted by atomic mass is 10.1. The number of alkyl halides is 1. The van der Waals surface area contributed by atoms with Gasteiger partial charge in [-0.05, 0) is 38.5 Å². The molecule has 4 rings (SSSR count). The number of hydrogen-bond acceptors (Lipinski definition) is 7. The number of oxazole rings is 1. The largest absolute Gasteiger partial charge is 0.425 e. The number of halogens is 2. The van der Waals surface area contributed by atoms with Gasteiger partial charge in [0, 0.05) is 34.7 Å². The molecule has 1 N–H and O–H groups in total. The molecule has 164 valence electrons. The van der Waals surface area contributed by atoms with Gasteiger partial charge in [0.15, 0.2) is 5.82 Å². The predicted molar refractivity (Wildman–Crippen MR) is 119 cm³/mol. The molecule has 3 aromatic heterocycles. The number of anilines is 1. The van der Waals surface area contributed by atoms with Crippen molar-refractivity contribution >= 4 is 17.5 Å². The van der Waals surface area contributed by atoms with E-state index in [1.54, 1.807) is 6.20 Å². The van der Waals surface area contributed by atoms with Crippen molar-refractivity contribution < 1.29 is 8.81 Å². The van der Waals surface area contributed by atoms with Gasteiger partial charge < -0.3 is 9.73 Å². The first-order chi connectivity index (χ1) is 15.3. The van der Waals surface area contributed by atoms with Crippen molar-refractivity contribution in [1.82, 2.24) is 24.5 Å². The Morgan fingerprint density at radius 1 is 1.19 bits per heavy atom. The van der Waals surface area contributed by atoms with Crippen LogP contribution in [0.3, 0.4) is 0 Å². The maximum atomic E-state index is 13.8. The molecule has 10 heteroatoms. The van der Waals surface area contributed by atoms with Crippen molar-refractivity contribution in [3.8, 4) is 16.9 Å². The number of nitrogens with zero attached hydrogens (tertiary/aromatic N) is 5. The maximum Gasteiger partial charge on any atom is 0.425 e. The quantitative estimate of drug-likeness (QED) is 0.445. The Labute approximate surface area is 188 Å². The Morgan fingerprint density at radius 3 is 2.72 bits per heavy atom. The summed E-state index contributed by atoms with van der Waals surface area (Å²) in [4.78, 5) is 29.6. The molecular formula is C22H20ClFN6O2. The SMILES string of the molecule is Cc1nc([C@H](C)Nc2nccc(-n3c([C@H](C)F)coc3=O)n2)ncc1-c1cccc(Cl)c1. The Bertz CT molecular complexity index is 1320. The second-order valence-corrected chi connectivity index (χ2v) is 7.66. The van der Waals surface area contributed by atoms with Crippen molar-refractivity contribution in [1.29, 1.82) is 0 Å². The number of rotatable bonds is 6. The average Bonchev–Trinajstić information content (AvgIpc) is 3.15. The van der Waals surface area contributed by atoms with Gasteiger partial charge in [0.2, 0.25) is 5.95 Å². The van der Waals surface area contributed by atoms with E-state index >= 15 is 0 Å². The molecule has 4 aromatic rings. The molecule has 1 aromatic carbocycles. The summed E-state index contributed by atoms with van der Waals surface area (Å²) >= 11 is 6.09. The molecule has 0 radical (unpaired) electrons. The van der Waals surface area contributed by atoms with Crippen LogP contribution in [0.1, 0.15) is 43.3 Å². The van der Waals surface area contributed by atoms with Crippen LogP contribution in [-0.2, 0) is 0 Å². The highest BCUT2D eigenvalue weighted by Crippen LogP contribution is 2.26. The predicted octanol–water partition coefficient (Wildman–Crippen LogP) is 4.84. The lowest BCUT2D eigenvalue weighted by Gasteiger charge is -2.15. The fraction of sp³-hybridized carbons (Fsp3) is 0.227. The molecule has 0 aliphatic rings. The molecular weight excluding hydrogens is 435 g/mol. The molecule has 0 spiro atoms. The van der Waals surface area contributed by atoms with Crippen LogP contribution < -0.4 is 11.1 Å². The number of aromatic nitrogens is 5. The van der Waals surface area contributed by atoms with E-state index in [1.165, 1.54) is 19.2 Å². The van der Waals surface area contributed by atoms with Gasteiger partial charge >= 0.3 is 5.76 Å². The van der Waals surface area contributed by atoms with E-state index in [-0.39, 0.29) is 23.5 Å². The van der Waals surface area contributed by atoms with Gasteiger partial charge in [0.05, 0.1) is 6.04 Å². The Hall–Kier alpha value is -3.59. The highest BCUT2D eigenvalue weighted by molar-refractivity contribution is 6.30. The van der Waals surface area contributed by atoms with Crippen molar-refractivity contribution in [3.63, 3.8) is 0 Å². The summed E-state index contributed by atoms with van der Waals surface area (Å²) in [6.07, 6.45) is 2.90. The van der Waals surface area contributed by atoms with E-state index < -0.39 is 11.9 Å². The van der Waals surface area contributed by atoms with Gasteiger partial charge in [-0.2, -0.15) is 4.98 Å². The van der Waals surface area contributed by atoms with Gasteiger partial charge in [-0.25, -0.2) is 28.7 Å². The standard InChI is InChI=1S/C22H20ClFN6O2/c1-12(24)18-11-32-22(31)30(18)19-7-8-25-21(29-19)28-14(3)20-26-10-17(13(2)27-20)15-5-4-6-16(23)9-15/h4-12,14H,1-3H3,(H,25,28,29)/t12-,14-/m0/s1. The Kier molecular flexibility index (Phi) is 6.00. The third-order valence-electron chi connectivity index (χ3n) is 4.87. The number of benzene rings is 1. The first-order valence-electron chi connectivity index (χ1n) is 9.87. The summed E-state index contributed by atoms with van der Waals surface area (Å²) in [6, 6.07) is 8.66. The fourth-order valence-corrected chi connectivity index (χ4v) is 3.44. The van der Waals surface area contributed by atoms with E-state index in [2.05, 4.69) is 25.3 Å². The van der Waals surface area contributed by atoms with E-state index in [9.17, 15) is 9.18 Å². The number of aryl methyl sites for hydroxylation is 1. The zero-order valence-corrected chi connectivity index (χ0v) is 18.3. The van der Waals surface area contributed by atoms with Crippen molar-refractivity contribution in [2.75, 3.05) is 5.32 Å². The van der Waals surface area contributed by atoms with Crippen LogP contribution in [0, 0.1) is 6.92 Å². The van der Waals surface area contributed by atoms with E-state index in [0.717, 1.165) is 27.7 Å². The molecule has 0 unspecified atom stereocenters. The summed E-state index contributed by atoms with van der Waals surface area (Å²) in [5, 5.41) is 3.76. The molecule has 2 atom stereocenters. The van der Waals surface area contributed by atoms with E-state index in [4.69, 9.17) is 16.0 Å². The third kappa shape index (κ3) is 4.38. The monoisotopic (exact) mass is 454 g/mol. The van der Waals surface area contributed by atoms with Crippen LogP contribution in [0.5, 0.6) is 0 Å². The minimum absolute atomic E-state index is 0.0725. The van der Waals surface area contributed by atoms with Crippen LogP contribution in [-0.4, -0.2) is 24.5 Å².